The molecule has 0 heterocycles. The van der Waals surface area contributed by atoms with E-state index >= 15 is 0 Å². The van der Waals surface area contributed by atoms with Crippen LogP contribution in [0.4, 0.5) is 16.2 Å². The Balaban J connectivity index is 1.91. The van der Waals surface area contributed by atoms with E-state index in [1.165, 1.54) is 0 Å². The second-order valence-corrected chi connectivity index (χ2v) is 5.10. The lowest BCUT2D eigenvalue weighted by molar-refractivity contribution is -0.141. The highest BCUT2D eigenvalue weighted by Gasteiger charge is 2.33. The summed E-state index contributed by atoms with van der Waals surface area (Å²) in [7, 11) is 0. The minimum atomic E-state index is -0.841. The number of anilines is 2. The molecule has 21 heavy (non-hydrogen) atoms. The second-order valence-electron chi connectivity index (χ2n) is 5.10. The van der Waals surface area contributed by atoms with E-state index in [1.54, 1.807) is 24.3 Å². The molecule has 3 amide bonds. The van der Waals surface area contributed by atoms with Gasteiger partial charge in [-0.1, -0.05) is 0 Å². The average Bonchev–Trinajstić information content (AvgIpc) is 2.90. The number of carbonyl (C=O) groups excluding carboxylic acids is 2. The van der Waals surface area contributed by atoms with Crippen molar-refractivity contribution >= 4 is 29.3 Å². The average molecular weight is 291 g/mol. The fourth-order valence-corrected chi connectivity index (χ4v) is 2.47. The van der Waals surface area contributed by atoms with Crippen molar-refractivity contribution in [2.45, 2.75) is 19.3 Å². The number of primary amides is 1. The summed E-state index contributed by atoms with van der Waals surface area (Å²) in [4.78, 5) is 33.6. The summed E-state index contributed by atoms with van der Waals surface area (Å²) >= 11 is 0. The first-order valence-corrected chi connectivity index (χ1v) is 6.66. The van der Waals surface area contributed by atoms with E-state index in [1.807, 2.05) is 0 Å². The maximum Gasteiger partial charge on any atom is 0.316 e. The lowest BCUT2D eigenvalue weighted by Gasteiger charge is -2.11. The molecule has 112 valence electrons. The molecule has 0 spiro atoms. The molecule has 1 saturated carbocycles. The van der Waals surface area contributed by atoms with E-state index in [2.05, 4.69) is 10.6 Å². The molecule has 7 nitrogen and oxygen atoms in total. The number of nitrogens with two attached hydrogens (primary N) is 1. The van der Waals surface area contributed by atoms with Gasteiger partial charge in [-0.15, -0.1) is 0 Å². The molecule has 5 N–H and O–H groups in total. The number of urea groups is 1. The molecular weight excluding hydrogens is 274 g/mol. The van der Waals surface area contributed by atoms with E-state index in [0.29, 0.717) is 30.6 Å². The Morgan fingerprint density at radius 2 is 1.52 bits per heavy atom. The van der Waals surface area contributed by atoms with E-state index in [4.69, 9.17) is 10.8 Å². The smallest absolute Gasteiger partial charge is 0.316 e. The van der Waals surface area contributed by atoms with Gasteiger partial charge in [0.25, 0.3) is 0 Å². The summed E-state index contributed by atoms with van der Waals surface area (Å²) in [6, 6.07) is 5.88. The number of carbonyl (C=O) groups is 3. The van der Waals surface area contributed by atoms with Crippen molar-refractivity contribution in [3.8, 4) is 0 Å². The molecule has 0 bridgehead atoms. The van der Waals surface area contributed by atoms with Crippen LogP contribution in [-0.4, -0.2) is 23.0 Å². The van der Waals surface area contributed by atoms with Crippen LogP contribution in [0, 0.1) is 11.8 Å². The number of amides is 3. The van der Waals surface area contributed by atoms with Crippen molar-refractivity contribution < 1.29 is 19.5 Å². The van der Waals surface area contributed by atoms with Gasteiger partial charge in [-0.05, 0) is 43.5 Å². The predicted molar refractivity (Wildman–Crippen MR) is 76.7 cm³/mol. The number of hydrogen-bond donors (Lipinski definition) is 4. The maximum absolute atomic E-state index is 12.1. The molecule has 2 rings (SSSR count). The molecule has 1 aromatic rings. The standard InChI is InChI=1S/C14H17N3O4/c15-14(21)17-11-5-3-10(4-6-11)16-12(18)8-1-2-9(7-8)13(19)20/h3-6,8-9H,1-2,7H2,(H,16,18)(H,19,20)(H3,15,17,21)/t8-,9+/m1/s1. The Hall–Kier alpha value is -2.57. The zero-order chi connectivity index (χ0) is 15.4. The fourth-order valence-electron chi connectivity index (χ4n) is 2.47. The Morgan fingerprint density at radius 3 is 2.00 bits per heavy atom. The molecule has 0 radical (unpaired) electrons. The van der Waals surface area contributed by atoms with Crippen LogP contribution in [0.5, 0.6) is 0 Å². The minimum Gasteiger partial charge on any atom is -0.481 e. The molecule has 2 atom stereocenters. The molecule has 0 aliphatic heterocycles. The molecule has 0 unspecified atom stereocenters. The van der Waals surface area contributed by atoms with Crippen LogP contribution in [-0.2, 0) is 9.59 Å². The van der Waals surface area contributed by atoms with Crippen LogP contribution < -0.4 is 16.4 Å². The van der Waals surface area contributed by atoms with E-state index < -0.39 is 17.9 Å². The fraction of sp³-hybridized carbons (Fsp3) is 0.357. The van der Waals surface area contributed by atoms with Crippen LogP contribution in [0.15, 0.2) is 24.3 Å². The van der Waals surface area contributed by atoms with Gasteiger partial charge in [0.1, 0.15) is 0 Å². The van der Waals surface area contributed by atoms with E-state index in [9.17, 15) is 14.4 Å². The topological polar surface area (TPSA) is 122 Å². The van der Waals surface area contributed by atoms with Crippen LogP contribution in [0.3, 0.4) is 0 Å². The van der Waals surface area contributed by atoms with Gasteiger partial charge in [0.05, 0.1) is 5.92 Å². The van der Waals surface area contributed by atoms with Crippen LogP contribution in [0.1, 0.15) is 19.3 Å². The van der Waals surface area contributed by atoms with Crippen molar-refractivity contribution in [2.75, 3.05) is 10.6 Å². The lowest BCUT2D eigenvalue weighted by atomic mass is 10.0. The van der Waals surface area contributed by atoms with Crippen LogP contribution in [0.2, 0.25) is 0 Å². The number of benzene rings is 1. The number of carboxylic acid groups (broad SMARTS) is 1. The third kappa shape index (κ3) is 3.95. The monoisotopic (exact) mass is 291 g/mol. The highest BCUT2D eigenvalue weighted by Crippen LogP contribution is 2.31. The number of aliphatic carboxylic acids is 1. The summed E-state index contributed by atoms with van der Waals surface area (Å²) in [5, 5.41) is 14.1. The molecule has 1 fully saturated rings. The van der Waals surface area contributed by atoms with Crippen molar-refractivity contribution in [3.63, 3.8) is 0 Å². The van der Waals surface area contributed by atoms with Gasteiger partial charge in [0.15, 0.2) is 0 Å². The highest BCUT2D eigenvalue weighted by atomic mass is 16.4. The zero-order valence-electron chi connectivity index (χ0n) is 11.3. The number of hydrogen-bond acceptors (Lipinski definition) is 3. The Labute approximate surface area is 121 Å². The van der Waals surface area contributed by atoms with Gasteiger partial charge in [0.2, 0.25) is 5.91 Å². The van der Waals surface area contributed by atoms with Crippen molar-refractivity contribution in [3.05, 3.63) is 24.3 Å². The number of rotatable bonds is 4. The maximum atomic E-state index is 12.1. The number of nitrogens with one attached hydrogen (secondary N) is 2. The molecular formula is C14H17N3O4. The van der Waals surface area contributed by atoms with Gasteiger partial charge in [0, 0.05) is 17.3 Å². The molecule has 1 aliphatic carbocycles. The van der Waals surface area contributed by atoms with Crippen molar-refractivity contribution in [2.24, 2.45) is 17.6 Å². The summed E-state index contributed by atoms with van der Waals surface area (Å²) in [5.74, 6) is -1.71. The van der Waals surface area contributed by atoms with Gasteiger partial charge in [-0.2, -0.15) is 0 Å². The third-order valence-electron chi connectivity index (χ3n) is 3.57. The lowest BCUT2D eigenvalue weighted by Crippen LogP contribution is -2.22. The Morgan fingerprint density at radius 1 is 1.00 bits per heavy atom. The quantitative estimate of drug-likeness (QED) is 0.673. The largest absolute Gasteiger partial charge is 0.481 e. The normalized spacial score (nSPS) is 20.8. The number of carboxylic acids is 1. The molecule has 0 saturated heterocycles. The first-order chi connectivity index (χ1) is 9.95. The zero-order valence-corrected chi connectivity index (χ0v) is 11.3. The first kappa shape index (κ1) is 14.8. The van der Waals surface area contributed by atoms with Crippen LogP contribution >= 0.6 is 0 Å². The van der Waals surface area contributed by atoms with Crippen LogP contribution in [0.25, 0.3) is 0 Å². The van der Waals surface area contributed by atoms with Crippen molar-refractivity contribution in [1.29, 1.82) is 0 Å². The molecule has 1 aromatic carbocycles. The SMILES string of the molecule is NC(=O)Nc1ccc(NC(=O)[C@@H]2CC[C@H](C(=O)O)C2)cc1. The van der Waals surface area contributed by atoms with Gasteiger partial charge < -0.3 is 21.5 Å². The van der Waals surface area contributed by atoms with Gasteiger partial charge in [-0.25, -0.2) is 4.79 Å². The summed E-state index contributed by atoms with van der Waals surface area (Å²) in [5.41, 5.74) is 6.12. The van der Waals surface area contributed by atoms with Gasteiger partial charge >= 0.3 is 12.0 Å². The van der Waals surface area contributed by atoms with Gasteiger partial charge in [-0.3, -0.25) is 9.59 Å². The van der Waals surface area contributed by atoms with E-state index in [0.717, 1.165) is 0 Å². The molecule has 7 heteroatoms. The highest BCUT2D eigenvalue weighted by molar-refractivity contribution is 5.94. The summed E-state index contributed by atoms with van der Waals surface area (Å²) < 4.78 is 0. The summed E-state index contributed by atoms with van der Waals surface area (Å²) in [6.45, 7) is 0. The first-order valence-electron chi connectivity index (χ1n) is 6.66. The van der Waals surface area contributed by atoms with Crippen molar-refractivity contribution in [1.82, 2.24) is 0 Å². The Kier molecular flexibility index (Phi) is 4.42. The Bertz CT molecular complexity index is 556. The molecule has 1 aliphatic rings. The predicted octanol–water partition coefficient (Wildman–Crippen LogP) is 1.62. The third-order valence-corrected chi connectivity index (χ3v) is 3.57. The summed E-state index contributed by atoms with van der Waals surface area (Å²) in [6.07, 6.45) is 1.50. The molecule has 0 aromatic heterocycles. The van der Waals surface area contributed by atoms with E-state index in [-0.39, 0.29) is 11.8 Å². The minimum absolute atomic E-state index is 0.172. The second kappa shape index (κ2) is 6.25.